The number of piperazine rings is 1. The van der Waals surface area contributed by atoms with Crippen LogP contribution in [0.15, 0.2) is 48.9 Å². The van der Waals surface area contributed by atoms with Crippen LogP contribution in [0.25, 0.3) is 10.4 Å². The fourth-order valence-electron chi connectivity index (χ4n) is 2.98. The van der Waals surface area contributed by atoms with Gasteiger partial charge in [-0.15, -0.1) is 0 Å². The molecule has 4 rings (SSSR count). The van der Waals surface area contributed by atoms with Crippen LogP contribution in [0.3, 0.4) is 0 Å². The van der Waals surface area contributed by atoms with Gasteiger partial charge in [-0.25, -0.2) is 4.98 Å². The first-order valence-corrected chi connectivity index (χ1v) is 8.85. The van der Waals surface area contributed by atoms with Gasteiger partial charge in [0, 0.05) is 50.3 Å². The number of hydrogen-bond donors (Lipinski definition) is 0. The smallest absolute Gasteiger partial charge is 0.161 e. The molecule has 0 amide bonds. The van der Waals surface area contributed by atoms with Crippen molar-refractivity contribution in [2.45, 2.75) is 0 Å². The Morgan fingerprint density at radius 2 is 1.84 bits per heavy atom. The molecular formula is C18H16N6S. The van der Waals surface area contributed by atoms with Crippen molar-refractivity contribution in [1.82, 2.24) is 14.3 Å². The van der Waals surface area contributed by atoms with Crippen LogP contribution in [0, 0.1) is 11.3 Å². The molecule has 25 heavy (non-hydrogen) atoms. The molecule has 1 saturated heterocycles. The molecule has 1 aliphatic heterocycles. The van der Waals surface area contributed by atoms with Gasteiger partial charge in [-0.2, -0.15) is 9.64 Å². The topological polar surface area (TPSA) is 68.9 Å². The van der Waals surface area contributed by atoms with E-state index in [9.17, 15) is 5.26 Å². The first-order chi connectivity index (χ1) is 12.4. The minimum absolute atomic E-state index is 0.643. The maximum Gasteiger partial charge on any atom is 0.161 e. The zero-order valence-corrected chi connectivity index (χ0v) is 14.4. The molecule has 0 saturated carbocycles. The Labute approximate surface area is 150 Å². The standard InChI is InChI=1S/C18H16N6S/c19-12-15-17(14-4-3-6-20-13-14)25-22-18(15)24-10-8-23(9-11-24)16-5-1-2-7-21-16/h1-7,13H,8-11H2. The summed E-state index contributed by atoms with van der Waals surface area (Å²) in [7, 11) is 0. The third-order valence-electron chi connectivity index (χ3n) is 4.26. The summed E-state index contributed by atoms with van der Waals surface area (Å²) in [5, 5.41) is 9.66. The lowest BCUT2D eigenvalue weighted by atomic mass is 10.1. The van der Waals surface area contributed by atoms with Crippen LogP contribution in [0.5, 0.6) is 0 Å². The van der Waals surface area contributed by atoms with E-state index in [1.54, 1.807) is 12.4 Å². The molecule has 0 bridgehead atoms. The van der Waals surface area contributed by atoms with Crippen molar-refractivity contribution in [3.63, 3.8) is 0 Å². The molecule has 0 spiro atoms. The Hall–Kier alpha value is -2.98. The molecule has 6 nitrogen and oxygen atoms in total. The molecular weight excluding hydrogens is 332 g/mol. The van der Waals surface area contributed by atoms with Crippen molar-refractivity contribution in [2.75, 3.05) is 36.0 Å². The van der Waals surface area contributed by atoms with E-state index in [0.717, 1.165) is 48.3 Å². The van der Waals surface area contributed by atoms with Crippen LogP contribution in [-0.4, -0.2) is 40.5 Å². The second kappa shape index (κ2) is 6.87. The number of hydrogen-bond acceptors (Lipinski definition) is 7. The minimum Gasteiger partial charge on any atom is -0.353 e. The number of anilines is 2. The van der Waals surface area contributed by atoms with E-state index < -0.39 is 0 Å². The molecule has 0 aromatic carbocycles. The average molecular weight is 348 g/mol. The van der Waals surface area contributed by atoms with E-state index in [1.807, 2.05) is 36.5 Å². The van der Waals surface area contributed by atoms with Gasteiger partial charge < -0.3 is 9.80 Å². The van der Waals surface area contributed by atoms with Crippen LogP contribution < -0.4 is 9.80 Å². The second-order valence-electron chi connectivity index (χ2n) is 5.73. The fourth-order valence-corrected chi connectivity index (χ4v) is 3.82. The van der Waals surface area contributed by atoms with E-state index in [4.69, 9.17) is 0 Å². The SMILES string of the molecule is N#Cc1c(N2CCN(c3ccccn3)CC2)nsc1-c1cccnc1. The van der Waals surface area contributed by atoms with E-state index in [2.05, 4.69) is 30.2 Å². The summed E-state index contributed by atoms with van der Waals surface area (Å²) in [6.45, 7) is 3.37. The molecule has 7 heteroatoms. The Bertz CT molecular complexity index is 879. The minimum atomic E-state index is 0.643. The fraction of sp³-hybridized carbons (Fsp3) is 0.222. The van der Waals surface area contributed by atoms with E-state index in [1.165, 1.54) is 11.5 Å². The quantitative estimate of drug-likeness (QED) is 0.725. The molecule has 0 N–H and O–H groups in total. The number of rotatable bonds is 3. The lowest BCUT2D eigenvalue weighted by molar-refractivity contribution is 0.643. The third-order valence-corrected chi connectivity index (χ3v) is 5.15. The maximum atomic E-state index is 9.66. The van der Waals surface area contributed by atoms with Gasteiger partial charge in [0.2, 0.25) is 0 Å². The molecule has 0 aliphatic carbocycles. The Morgan fingerprint density at radius 1 is 1.00 bits per heavy atom. The Kier molecular flexibility index (Phi) is 4.27. The Balaban J connectivity index is 1.54. The molecule has 1 aliphatic rings. The van der Waals surface area contributed by atoms with Crippen molar-refractivity contribution < 1.29 is 0 Å². The highest BCUT2D eigenvalue weighted by molar-refractivity contribution is 7.10. The highest BCUT2D eigenvalue weighted by Crippen LogP contribution is 2.34. The lowest BCUT2D eigenvalue weighted by Gasteiger charge is -2.35. The van der Waals surface area contributed by atoms with Gasteiger partial charge >= 0.3 is 0 Å². The summed E-state index contributed by atoms with van der Waals surface area (Å²) in [5.74, 6) is 1.78. The molecule has 4 heterocycles. The third kappa shape index (κ3) is 3.04. The highest BCUT2D eigenvalue weighted by atomic mass is 32.1. The zero-order valence-electron chi connectivity index (χ0n) is 13.5. The highest BCUT2D eigenvalue weighted by Gasteiger charge is 2.24. The average Bonchev–Trinajstić information content (AvgIpc) is 3.13. The van der Waals surface area contributed by atoms with Gasteiger partial charge in [-0.3, -0.25) is 4.98 Å². The molecule has 1 fully saturated rings. The zero-order chi connectivity index (χ0) is 17.1. The van der Waals surface area contributed by atoms with Crippen LogP contribution in [0.4, 0.5) is 11.6 Å². The molecule has 3 aromatic heterocycles. The van der Waals surface area contributed by atoms with Crippen LogP contribution in [-0.2, 0) is 0 Å². The summed E-state index contributed by atoms with van der Waals surface area (Å²) in [6.07, 6.45) is 5.32. The molecule has 0 radical (unpaired) electrons. The van der Waals surface area contributed by atoms with Gasteiger partial charge in [-0.1, -0.05) is 12.1 Å². The monoisotopic (exact) mass is 348 g/mol. The molecule has 0 atom stereocenters. The second-order valence-corrected chi connectivity index (χ2v) is 6.50. The Morgan fingerprint density at radius 3 is 2.52 bits per heavy atom. The van der Waals surface area contributed by atoms with Gasteiger partial charge in [0.05, 0.1) is 4.88 Å². The van der Waals surface area contributed by atoms with Crippen molar-refractivity contribution in [3.8, 4) is 16.5 Å². The molecule has 3 aromatic rings. The van der Waals surface area contributed by atoms with Crippen molar-refractivity contribution in [1.29, 1.82) is 5.26 Å². The maximum absolute atomic E-state index is 9.66. The molecule has 0 unspecified atom stereocenters. The van der Waals surface area contributed by atoms with Gasteiger partial charge in [0.1, 0.15) is 17.5 Å². The predicted octanol–water partition coefficient (Wildman–Crippen LogP) is 2.80. The predicted molar refractivity (Wildman–Crippen MR) is 98.7 cm³/mol. The van der Waals surface area contributed by atoms with Crippen molar-refractivity contribution >= 4 is 23.2 Å². The van der Waals surface area contributed by atoms with Gasteiger partial charge in [-0.05, 0) is 29.7 Å². The number of nitrogens with zero attached hydrogens (tertiary/aromatic N) is 6. The summed E-state index contributed by atoms with van der Waals surface area (Å²) in [4.78, 5) is 13.9. The largest absolute Gasteiger partial charge is 0.353 e. The van der Waals surface area contributed by atoms with E-state index >= 15 is 0 Å². The summed E-state index contributed by atoms with van der Waals surface area (Å²) < 4.78 is 4.57. The number of aromatic nitrogens is 3. The number of nitriles is 1. The first kappa shape index (κ1) is 15.5. The van der Waals surface area contributed by atoms with Crippen LogP contribution >= 0.6 is 11.5 Å². The number of pyridine rings is 2. The van der Waals surface area contributed by atoms with Gasteiger partial charge in [0.15, 0.2) is 5.82 Å². The van der Waals surface area contributed by atoms with Crippen molar-refractivity contribution in [2.24, 2.45) is 0 Å². The first-order valence-electron chi connectivity index (χ1n) is 8.08. The summed E-state index contributed by atoms with van der Waals surface area (Å²) in [5.41, 5.74) is 1.58. The lowest BCUT2D eigenvalue weighted by Crippen LogP contribution is -2.47. The summed E-state index contributed by atoms with van der Waals surface area (Å²) in [6, 6.07) is 12.1. The summed E-state index contributed by atoms with van der Waals surface area (Å²) >= 11 is 1.36. The van der Waals surface area contributed by atoms with E-state index in [0.29, 0.717) is 5.56 Å². The van der Waals surface area contributed by atoms with Crippen LogP contribution in [0.2, 0.25) is 0 Å². The van der Waals surface area contributed by atoms with Gasteiger partial charge in [0.25, 0.3) is 0 Å². The molecule has 124 valence electrons. The van der Waals surface area contributed by atoms with Crippen LogP contribution in [0.1, 0.15) is 5.56 Å². The van der Waals surface area contributed by atoms with Crippen molar-refractivity contribution in [3.05, 3.63) is 54.5 Å². The normalized spacial score (nSPS) is 14.4. The van der Waals surface area contributed by atoms with E-state index in [-0.39, 0.29) is 0 Å².